The van der Waals surface area contributed by atoms with Crippen LogP contribution in [0, 0.1) is 11.8 Å². The Kier molecular flexibility index (Phi) is 4.25. The van der Waals surface area contributed by atoms with Gasteiger partial charge in [0.2, 0.25) is 0 Å². The number of carbonyl (C=O) groups is 1. The zero-order valence-corrected chi connectivity index (χ0v) is 11.9. The Bertz CT molecular complexity index is 481. The summed E-state index contributed by atoms with van der Waals surface area (Å²) in [5.74, 6) is 0.672. The molecule has 0 aliphatic carbocycles. The summed E-state index contributed by atoms with van der Waals surface area (Å²) in [6.45, 7) is 7.62. The third-order valence-electron chi connectivity index (χ3n) is 3.22. The van der Waals surface area contributed by atoms with E-state index in [1.54, 1.807) is 4.90 Å². The SMILES string of the molecule is CC(C)Cn1ncc(NC(=O)N2CC(C)C2)c1C(F)F. The van der Waals surface area contributed by atoms with Gasteiger partial charge in [0, 0.05) is 19.6 Å². The van der Waals surface area contributed by atoms with E-state index in [1.807, 2.05) is 20.8 Å². The molecule has 20 heavy (non-hydrogen) atoms. The normalized spacial score (nSPS) is 15.8. The molecule has 2 heterocycles. The van der Waals surface area contributed by atoms with Gasteiger partial charge in [0.05, 0.1) is 11.9 Å². The Hall–Kier alpha value is -1.66. The van der Waals surface area contributed by atoms with Crippen molar-refractivity contribution >= 4 is 11.7 Å². The van der Waals surface area contributed by atoms with Crippen LogP contribution in [0.5, 0.6) is 0 Å². The summed E-state index contributed by atoms with van der Waals surface area (Å²) in [6, 6.07) is -0.339. The predicted molar refractivity (Wildman–Crippen MR) is 71.8 cm³/mol. The van der Waals surface area contributed by atoms with Crippen molar-refractivity contribution in [3.63, 3.8) is 0 Å². The highest BCUT2D eigenvalue weighted by atomic mass is 19.3. The van der Waals surface area contributed by atoms with Crippen molar-refractivity contribution in [3.05, 3.63) is 11.9 Å². The van der Waals surface area contributed by atoms with Gasteiger partial charge in [-0.05, 0) is 11.8 Å². The van der Waals surface area contributed by atoms with Gasteiger partial charge >= 0.3 is 6.03 Å². The lowest BCUT2D eigenvalue weighted by Crippen LogP contribution is -2.50. The number of hydrogen-bond donors (Lipinski definition) is 1. The summed E-state index contributed by atoms with van der Waals surface area (Å²) in [5.41, 5.74) is -0.120. The second kappa shape index (κ2) is 5.76. The Morgan fingerprint density at radius 2 is 2.15 bits per heavy atom. The lowest BCUT2D eigenvalue weighted by Gasteiger charge is -2.36. The van der Waals surface area contributed by atoms with Gasteiger partial charge in [-0.1, -0.05) is 20.8 Å². The van der Waals surface area contributed by atoms with Crippen molar-refractivity contribution in [2.75, 3.05) is 18.4 Å². The largest absolute Gasteiger partial charge is 0.324 e. The van der Waals surface area contributed by atoms with Crippen molar-refractivity contribution < 1.29 is 13.6 Å². The van der Waals surface area contributed by atoms with E-state index >= 15 is 0 Å². The van der Waals surface area contributed by atoms with Gasteiger partial charge in [-0.25, -0.2) is 13.6 Å². The van der Waals surface area contributed by atoms with Crippen LogP contribution >= 0.6 is 0 Å². The monoisotopic (exact) mass is 286 g/mol. The first-order valence-corrected chi connectivity index (χ1v) is 6.78. The van der Waals surface area contributed by atoms with Gasteiger partial charge in [0.15, 0.2) is 0 Å². The van der Waals surface area contributed by atoms with Crippen molar-refractivity contribution in [2.24, 2.45) is 11.8 Å². The number of alkyl halides is 2. The highest BCUT2D eigenvalue weighted by molar-refractivity contribution is 5.90. The number of carbonyl (C=O) groups excluding carboxylic acids is 1. The highest BCUT2D eigenvalue weighted by Gasteiger charge is 2.29. The van der Waals surface area contributed by atoms with Crippen LogP contribution in [-0.4, -0.2) is 33.8 Å². The average Bonchev–Trinajstić information content (AvgIpc) is 2.66. The summed E-state index contributed by atoms with van der Waals surface area (Å²) in [5, 5.41) is 6.48. The number of nitrogens with one attached hydrogen (secondary N) is 1. The lowest BCUT2D eigenvalue weighted by atomic mass is 10.0. The Labute approximate surface area is 116 Å². The second-order valence-electron chi connectivity index (χ2n) is 5.76. The molecule has 1 saturated heterocycles. The number of urea groups is 1. The summed E-state index contributed by atoms with van der Waals surface area (Å²) < 4.78 is 27.6. The van der Waals surface area contributed by atoms with Crippen molar-refractivity contribution in [3.8, 4) is 0 Å². The first kappa shape index (κ1) is 14.7. The topological polar surface area (TPSA) is 50.2 Å². The summed E-state index contributed by atoms with van der Waals surface area (Å²) >= 11 is 0. The number of hydrogen-bond acceptors (Lipinski definition) is 2. The minimum Gasteiger partial charge on any atom is -0.324 e. The van der Waals surface area contributed by atoms with Gasteiger partial charge < -0.3 is 10.2 Å². The third kappa shape index (κ3) is 3.08. The van der Waals surface area contributed by atoms with E-state index in [9.17, 15) is 13.6 Å². The summed E-state index contributed by atoms with van der Waals surface area (Å²) in [7, 11) is 0. The zero-order valence-electron chi connectivity index (χ0n) is 11.9. The summed E-state index contributed by atoms with van der Waals surface area (Å²) in [4.78, 5) is 13.5. The van der Waals surface area contributed by atoms with E-state index in [0.29, 0.717) is 25.6 Å². The van der Waals surface area contributed by atoms with E-state index in [4.69, 9.17) is 0 Å². The second-order valence-corrected chi connectivity index (χ2v) is 5.76. The number of anilines is 1. The lowest BCUT2D eigenvalue weighted by molar-refractivity contribution is 0.136. The van der Waals surface area contributed by atoms with Crippen LogP contribution in [0.2, 0.25) is 0 Å². The third-order valence-corrected chi connectivity index (χ3v) is 3.22. The molecule has 1 aromatic heterocycles. The van der Waals surface area contributed by atoms with Crippen LogP contribution in [0.4, 0.5) is 19.3 Å². The predicted octanol–water partition coefficient (Wildman–Crippen LogP) is 2.96. The molecule has 0 unspecified atom stereocenters. The molecule has 0 aromatic carbocycles. The molecule has 0 saturated carbocycles. The molecule has 0 spiro atoms. The molecule has 0 atom stereocenters. The van der Waals surface area contributed by atoms with Crippen LogP contribution in [0.15, 0.2) is 6.20 Å². The van der Waals surface area contributed by atoms with E-state index < -0.39 is 6.43 Å². The smallest absolute Gasteiger partial charge is 0.321 e. The number of likely N-dealkylation sites (tertiary alicyclic amines) is 1. The van der Waals surface area contributed by atoms with E-state index in [1.165, 1.54) is 10.9 Å². The van der Waals surface area contributed by atoms with Gasteiger partial charge in [-0.15, -0.1) is 0 Å². The maximum absolute atomic E-state index is 13.2. The average molecular weight is 286 g/mol. The molecule has 1 aliphatic rings. The Balaban J connectivity index is 2.11. The van der Waals surface area contributed by atoms with Crippen molar-refractivity contribution in [1.82, 2.24) is 14.7 Å². The molecular formula is C13H20F2N4O. The molecule has 2 amide bonds. The first-order chi connectivity index (χ1) is 9.38. The van der Waals surface area contributed by atoms with Gasteiger partial charge in [0.1, 0.15) is 5.69 Å². The molecule has 1 N–H and O–H groups in total. The maximum Gasteiger partial charge on any atom is 0.321 e. The number of aromatic nitrogens is 2. The molecule has 2 rings (SSSR count). The number of nitrogens with zero attached hydrogens (tertiary/aromatic N) is 3. The van der Waals surface area contributed by atoms with E-state index in [2.05, 4.69) is 10.4 Å². The Morgan fingerprint density at radius 3 is 2.65 bits per heavy atom. The van der Waals surface area contributed by atoms with Crippen molar-refractivity contribution in [1.29, 1.82) is 0 Å². The standard InChI is InChI=1S/C13H20F2N4O/c1-8(2)5-19-11(12(14)15)10(4-16-19)17-13(20)18-6-9(3)7-18/h4,8-9,12H,5-7H2,1-3H3,(H,17,20). The molecular weight excluding hydrogens is 266 g/mol. The number of amides is 2. The molecule has 112 valence electrons. The maximum atomic E-state index is 13.2. The molecule has 1 fully saturated rings. The first-order valence-electron chi connectivity index (χ1n) is 6.78. The molecule has 1 aromatic rings. The van der Waals surface area contributed by atoms with E-state index in [0.717, 1.165) is 0 Å². The fraction of sp³-hybridized carbons (Fsp3) is 0.692. The van der Waals surface area contributed by atoms with Gasteiger partial charge in [0.25, 0.3) is 6.43 Å². The molecule has 5 nitrogen and oxygen atoms in total. The van der Waals surface area contributed by atoms with Crippen molar-refractivity contribution in [2.45, 2.75) is 33.7 Å². The van der Waals surface area contributed by atoms with Crippen LogP contribution in [0.3, 0.4) is 0 Å². The summed E-state index contributed by atoms with van der Waals surface area (Å²) in [6.07, 6.45) is -1.37. The molecule has 7 heteroatoms. The molecule has 0 radical (unpaired) electrons. The molecule has 0 bridgehead atoms. The fourth-order valence-electron chi connectivity index (χ4n) is 2.27. The van der Waals surface area contributed by atoms with Crippen LogP contribution in [0.1, 0.15) is 32.9 Å². The van der Waals surface area contributed by atoms with Gasteiger partial charge in [-0.2, -0.15) is 5.10 Å². The quantitative estimate of drug-likeness (QED) is 0.925. The minimum atomic E-state index is -2.66. The number of halogens is 2. The zero-order chi connectivity index (χ0) is 14.9. The minimum absolute atomic E-state index is 0.102. The van der Waals surface area contributed by atoms with Crippen LogP contribution in [0.25, 0.3) is 0 Å². The van der Waals surface area contributed by atoms with E-state index in [-0.39, 0.29) is 23.3 Å². The van der Waals surface area contributed by atoms with Crippen LogP contribution in [-0.2, 0) is 6.54 Å². The fourth-order valence-corrected chi connectivity index (χ4v) is 2.27. The van der Waals surface area contributed by atoms with Gasteiger partial charge in [-0.3, -0.25) is 4.68 Å². The van der Waals surface area contributed by atoms with Crippen LogP contribution < -0.4 is 5.32 Å². The highest BCUT2D eigenvalue weighted by Crippen LogP contribution is 2.28. The molecule has 1 aliphatic heterocycles. The Morgan fingerprint density at radius 1 is 1.50 bits per heavy atom. The number of rotatable bonds is 4.